The van der Waals surface area contributed by atoms with E-state index >= 15 is 0 Å². The first kappa shape index (κ1) is 21.4. The SMILES string of the molecule is COc1ccc(C(=O)N2CCC(NC(=O)/C=C/c3ccccc3C)CC2)cc1OC. The Hall–Kier alpha value is -3.28. The molecule has 2 aromatic rings. The quantitative estimate of drug-likeness (QED) is 0.744. The number of methoxy groups -OCH3 is 2. The van der Waals surface area contributed by atoms with Gasteiger partial charge >= 0.3 is 0 Å². The lowest BCUT2D eigenvalue weighted by Gasteiger charge is -2.32. The molecule has 1 aliphatic heterocycles. The van der Waals surface area contributed by atoms with Crippen molar-refractivity contribution in [3.05, 3.63) is 65.2 Å². The van der Waals surface area contributed by atoms with Crippen LogP contribution in [0.4, 0.5) is 0 Å². The Kier molecular flexibility index (Phi) is 7.12. The molecule has 6 heteroatoms. The number of aryl methyl sites for hydroxylation is 1. The third-order valence-corrected chi connectivity index (χ3v) is 5.36. The first-order valence-electron chi connectivity index (χ1n) is 10.1. The van der Waals surface area contributed by atoms with E-state index in [1.165, 1.54) is 0 Å². The molecule has 0 atom stereocenters. The van der Waals surface area contributed by atoms with Gasteiger partial charge < -0.3 is 19.7 Å². The number of hydrogen-bond acceptors (Lipinski definition) is 4. The van der Waals surface area contributed by atoms with Gasteiger partial charge in [0.15, 0.2) is 11.5 Å². The van der Waals surface area contributed by atoms with Crippen LogP contribution in [-0.2, 0) is 4.79 Å². The van der Waals surface area contributed by atoms with Gasteiger partial charge in [-0.25, -0.2) is 0 Å². The van der Waals surface area contributed by atoms with Crippen LogP contribution in [0.3, 0.4) is 0 Å². The van der Waals surface area contributed by atoms with Gasteiger partial charge in [-0.15, -0.1) is 0 Å². The van der Waals surface area contributed by atoms with Gasteiger partial charge in [0.1, 0.15) is 0 Å². The molecule has 1 aliphatic rings. The standard InChI is InChI=1S/C24H28N2O4/c1-17-6-4-5-7-18(17)9-11-23(27)25-20-12-14-26(15-13-20)24(28)19-8-10-21(29-2)22(16-19)30-3/h4-11,16,20H,12-15H2,1-3H3,(H,25,27)/b11-9+. The number of hydrogen-bond donors (Lipinski definition) is 1. The number of nitrogens with one attached hydrogen (secondary N) is 1. The van der Waals surface area contributed by atoms with E-state index in [2.05, 4.69) is 5.32 Å². The highest BCUT2D eigenvalue weighted by Crippen LogP contribution is 2.28. The van der Waals surface area contributed by atoms with Gasteiger partial charge in [-0.1, -0.05) is 24.3 Å². The van der Waals surface area contributed by atoms with Crippen molar-refractivity contribution >= 4 is 17.9 Å². The number of amides is 2. The summed E-state index contributed by atoms with van der Waals surface area (Å²) in [5, 5.41) is 3.04. The van der Waals surface area contributed by atoms with Crippen LogP contribution in [0.1, 0.15) is 34.3 Å². The van der Waals surface area contributed by atoms with E-state index in [1.807, 2.05) is 42.2 Å². The second-order valence-electron chi connectivity index (χ2n) is 7.33. The lowest BCUT2D eigenvalue weighted by Crippen LogP contribution is -2.46. The molecule has 158 valence electrons. The minimum atomic E-state index is -0.108. The fourth-order valence-electron chi connectivity index (χ4n) is 3.57. The number of benzene rings is 2. The molecule has 1 heterocycles. The predicted octanol–water partition coefficient (Wildman–Crippen LogP) is 3.45. The molecular weight excluding hydrogens is 380 g/mol. The summed E-state index contributed by atoms with van der Waals surface area (Å²) < 4.78 is 10.5. The second-order valence-corrected chi connectivity index (χ2v) is 7.33. The van der Waals surface area contributed by atoms with Crippen LogP contribution < -0.4 is 14.8 Å². The maximum atomic E-state index is 12.8. The van der Waals surface area contributed by atoms with Crippen LogP contribution in [0.15, 0.2) is 48.5 Å². The largest absolute Gasteiger partial charge is 0.493 e. The van der Waals surface area contributed by atoms with Crippen LogP contribution in [-0.4, -0.2) is 50.1 Å². The topological polar surface area (TPSA) is 67.9 Å². The van der Waals surface area contributed by atoms with Crippen molar-refractivity contribution in [3.63, 3.8) is 0 Å². The molecule has 0 unspecified atom stereocenters. The third-order valence-electron chi connectivity index (χ3n) is 5.36. The van der Waals surface area contributed by atoms with E-state index < -0.39 is 0 Å². The molecule has 2 amide bonds. The maximum absolute atomic E-state index is 12.8. The van der Waals surface area contributed by atoms with Crippen molar-refractivity contribution < 1.29 is 19.1 Å². The van der Waals surface area contributed by atoms with E-state index in [4.69, 9.17) is 9.47 Å². The fraction of sp³-hybridized carbons (Fsp3) is 0.333. The summed E-state index contributed by atoms with van der Waals surface area (Å²) in [4.78, 5) is 26.9. The van der Waals surface area contributed by atoms with E-state index in [0.717, 1.165) is 24.0 Å². The van der Waals surface area contributed by atoms with E-state index in [9.17, 15) is 9.59 Å². The van der Waals surface area contributed by atoms with Crippen LogP contribution in [0.5, 0.6) is 11.5 Å². The average Bonchev–Trinajstić information content (AvgIpc) is 2.78. The van der Waals surface area contributed by atoms with Crippen molar-refractivity contribution in [1.29, 1.82) is 0 Å². The minimum absolute atomic E-state index is 0.0415. The van der Waals surface area contributed by atoms with E-state index in [1.54, 1.807) is 38.5 Å². The van der Waals surface area contributed by atoms with Gasteiger partial charge in [0.25, 0.3) is 5.91 Å². The van der Waals surface area contributed by atoms with Crippen molar-refractivity contribution in [1.82, 2.24) is 10.2 Å². The van der Waals surface area contributed by atoms with Crippen LogP contribution in [0.2, 0.25) is 0 Å². The number of piperidine rings is 1. The summed E-state index contributed by atoms with van der Waals surface area (Å²) in [6.45, 7) is 3.21. The Morgan fingerprint density at radius 1 is 1.03 bits per heavy atom. The van der Waals surface area contributed by atoms with Gasteiger partial charge in [0.05, 0.1) is 14.2 Å². The zero-order valence-corrected chi connectivity index (χ0v) is 17.7. The van der Waals surface area contributed by atoms with E-state index in [0.29, 0.717) is 30.2 Å². The summed E-state index contributed by atoms with van der Waals surface area (Å²) in [5.41, 5.74) is 2.72. The molecule has 0 spiro atoms. The van der Waals surface area contributed by atoms with Gasteiger partial charge in [-0.05, 0) is 55.2 Å². The Bertz CT molecular complexity index is 931. The first-order valence-corrected chi connectivity index (χ1v) is 10.1. The zero-order chi connectivity index (χ0) is 21.5. The number of ether oxygens (including phenoxy) is 2. The summed E-state index contributed by atoms with van der Waals surface area (Å²) in [7, 11) is 3.11. The smallest absolute Gasteiger partial charge is 0.253 e. The summed E-state index contributed by atoms with van der Waals surface area (Å²) >= 11 is 0. The normalized spacial score (nSPS) is 14.6. The molecule has 0 bridgehead atoms. The number of rotatable bonds is 6. The number of likely N-dealkylation sites (tertiary alicyclic amines) is 1. The second kappa shape index (κ2) is 9.96. The minimum Gasteiger partial charge on any atom is -0.493 e. The highest BCUT2D eigenvalue weighted by molar-refractivity contribution is 5.95. The molecule has 1 saturated heterocycles. The molecular formula is C24H28N2O4. The Labute approximate surface area is 177 Å². The Morgan fingerprint density at radius 2 is 1.73 bits per heavy atom. The molecule has 6 nitrogen and oxygen atoms in total. The van der Waals surface area contributed by atoms with Crippen molar-refractivity contribution in [2.45, 2.75) is 25.8 Å². The first-order chi connectivity index (χ1) is 14.5. The average molecular weight is 408 g/mol. The molecule has 0 aromatic heterocycles. The molecule has 1 N–H and O–H groups in total. The summed E-state index contributed by atoms with van der Waals surface area (Å²) in [6.07, 6.45) is 4.86. The highest BCUT2D eigenvalue weighted by Gasteiger charge is 2.25. The fourth-order valence-corrected chi connectivity index (χ4v) is 3.57. The molecule has 0 aliphatic carbocycles. The molecule has 3 rings (SSSR count). The molecule has 30 heavy (non-hydrogen) atoms. The molecule has 2 aromatic carbocycles. The van der Waals surface area contributed by atoms with Crippen molar-refractivity contribution in [2.75, 3.05) is 27.3 Å². The number of nitrogens with zero attached hydrogens (tertiary/aromatic N) is 1. The van der Waals surface area contributed by atoms with Gasteiger partial charge in [-0.2, -0.15) is 0 Å². The Morgan fingerprint density at radius 3 is 2.40 bits per heavy atom. The maximum Gasteiger partial charge on any atom is 0.253 e. The third kappa shape index (κ3) is 5.20. The number of carbonyl (C=O) groups is 2. The Balaban J connectivity index is 1.52. The lowest BCUT2D eigenvalue weighted by molar-refractivity contribution is -0.117. The van der Waals surface area contributed by atoms with E-state index in [-0.39, 0.29) is 17.9 Å². The molecule has 0 saturated carbocycles. The van der Waals surface area contributed by atoms with Crippen LogP contribution >= 0.6 is 0 Å². The summed E-state index contributed by atoms with van der Waals surface area (Å²) in [6, 6.07) is 13.2. The van der Waals surface area contributed by atoms with Gasteiger partial charge in [0.2, 0.25) is 5.91 Å². The van der Waals surface area contributed by atoms with Crippen molar-refractivity contribution in [3.8, 4) is 11.5 Å². The number of carbonyl (C=O) groups excluding carboxylic acids is 2. The van der Waals surface area contributed by atoms with Gasteiger partial charge in [0, 0.05) is 30.8 Å². The zero-order valence-electron chi connectivity index (χ0n) is 17.7. The highest BCUT2D eigenvalue weighted by atomic mass is 16.5. The predicted molar refractivity (Wildman–Crippen MR) is 117 cm³/mol. The lowest BCUT2D eigenvalue weighted by atomic mass is 10.0. The molecule has 0 radical (unpaired) electrons. The van der Waals surface area contributed by atoms with Crippen LogP contribution in [0.25, 0.3) is 6.08 Å². The van der Waals surface area contributed by atoms with Crippen molar-refractivity contribution in [2.24, 2.45) is 0 Å². The van der Waals surface area contributed by atoms with Gasteiger partial charge in [-0.3, -0.25) is 9.59 Å². The van der Waals surface area contributed by atoms with Crippen LogP contribution in [0, 0.1) is 6.92 Å². The molecule has 1 fully saturated rings. The monoisotopic (exact) mass is 408 g/mol. The summed E-state index contributed by atoms with van der Waals surface area (Å²) in [5.74, 6) is 0.975.